The summed E-state index contributed by atoms with van der Waals surface area (Å²) in [4.78, 5) is 20.5. The van der Waals surface area contributed by atoms with Gasteiger partial charge in [-0.1, -0.05) is 0 Å². The molecule has 0 atom stereocenters. The molecule has 0 aliphatic carbocycles. The first-order valence-electron chi connectivity index (χ1n) is 5.58. The fourth-order valence-corrected chi connectivity index (χ4v) is 1.25. The molecule has 0 aliphatic heterocycles. The highest BCUT2D eigenvalue weighted by Gasteiger charge is 1.99. The smallest absolute Gasteiger partial charge is 0.335 e. The summed E-state index contributed by atoms with van der Waals surface area (Å²) in [6.45, 7) is 0. The third kappa shape index (κ3) is 6.31. The van der Waals surface area contributed by atoms with Crippen LogP contribution in [-0.2, 0) is 0 Å². The molecule has 0 spiro atoms. The Morgan fingerprint density at radius 2 is 0.905 bits per heavy atom. The first kappa shape index (κ1) is 18.3. The van der Waals surface area contributed by atoms with Crippen LogP contribution in [-0.4, -0.2) is 22.2 Å². The molecule has 2 aromatic carbocycles. The lowest BCUT2D eigenvalue weighted by Gasteiger charge is -1.93. The van der Waals surface area contributed by atoms with Gasteiger partial charge in [0.25, 0.3) is 0 Å². The molecule has 0 radical (unpaired) electrons. The minimum atomic E-state index is -0.931. The molecule has 112 valence electrons. The van der Waals surface area contributed by atoms with Crippen molar-refractivity contribution in [2.45, 2.75) is 0 Å². The molecule has 0 saturated heterocycles. The zero-order valence-electron chi connectivity index (χ0n) is 10.9. The quantitative estimate of drug-likeness (QED) is 0.631. The number of carboxylic acid groups (broad SMARTS) is 2. The number of nitrogens with two attached hydrogens (primary N) is 2. The fraction of sp³-hybridized carbons (Fsp3) is 0. The Morgan fingerprint density at radius 1 is 0.667 bits per heavy atom. The zero-order chi connectivity index (χ0) is 15.1. The predicted octanol–water partition coefficient (Wildman–Crippen LogP) is 2.36. The van der Waals surface area contributed by atoms with Crippen LogP contribution in [0.1, 0.15) is 20.7 Å². The first-order chi connectivity index (χ1) is 9.40. The van der Waals surface area contributed by atoms with Crippen molar-refractivity contribution in [2.24, 2.45) is 0 Å². The molecule has 7 heteroatoms. The van der Waals surface area contributed by atoms with E-state index in [0.29, 0.717) is 11.4 Å². The molecule has 0 bridgehead atoms. The van der Waals surface area contributed by atoms with Gasteiger partial charge in [0.15, 0.2) is 0 Å². The molecule has 0 aliphatic rings. The molecule has 0 unspecified atom stereocenters. The number of carbonyl (C=O) groups is 2. The van der Waals surface area contributed by atoms with Crippen LogP contribution in [0.25, 0.3) is 0 Å². The maximum atomic E-state index is 10.3. The summed E-state index contributed by atoms with van der Waals surface area (Å²) < 4.78 is 0. The summed E-state index contributed by atoms with van der Waals surface area (Å²) in [7, 11) is 0. The van der Waals surface area contributed by atoms with E-state index in [1.54, 1.807) is 24.3 Å². The SMILES string of the molecule is Cl.Nc1ccc(C(=O)O)cc1.Nc1ccc(C(=O)O)cc1. The molecule has 0 fully saturated rings. The number of aromatic carboxylic acids is 2. The van der Waals surface area contributed by atoms with Crippen LogP contribution in [0, 0.1) is 0 Å². The highest BCUT2D eigenvalue weighted by Crippen LogP contribution is 2.05. The van der Waals surface area contributed by atoms with Crippen LogP contribution in [0.15, 0.2) is 48.5 Å². The third-order valence-corrected chi connectivity index (χ3v) is 2.32. The molecule has 2 aromatic rings. The van der Waals surface area contributed by atoms with Crippen LogP contribution in [0.4, 0.5) is 11.4 Å². The minimum Gasteiger partial charge on any atom is -0.478 e. The molecule has 21 heavy (non-hydrogen) atoms. The number of anilines is 2. The van der Waals surface area contributed by atoms with E-state index >= 15 is 0 Å². The predicted molar refractivity (Wildman–Crippen MR) is 82.9 cm³/mol. The van der Waals surface area contributed by atoms with Crippen LogP contribution in [0.5, 0.6) is 0 Å². The Balaban J connectivity index is 0.000000364. The van der Waals surface area contributed by atoms with Crippen molar-refractivity contribution < 1.29 is 19.8 Å². The highest BCUT2D eigenvalue weighted by molar-refractivity contribution is 5.88. The monoisotopic (exact) mass is 310 g/mol. The lowest BCUT2D eigenvalue weighted by molar-refractivity contribution is 0.0686. The van der Waals surface area contributed by atoms with Crippen molar-refractivity contribution in [1.29, 1.82) is 0 Å². The van der Waals surface area contributed by atoms with Gasteiger partial charge in [-0.3, -0.25) is 0 Å². The summed E-state index contributed by atoms with van der Waals surface area (Å²) in [5.41, 5.74) is 12.3. The van der Waals surface area contributed by atoms with Gasteiger partial charge in [0.05, 0.1) is 11.1 Å². The van der Waals surface area contributed by atoms with Crippen molar-refractivity contribution in [1.82, 2.24) is 0 Å². The molecule has 0 heterocycles. The van der Waals surface area contributed by atoms with E-state index in [1.807, 2.05) is 0 Å². The van der Waals surface area contributed by atoms with E-state index in [1.165, 1.54) is 24.3 Å². The lowest BCUT2D eigenvalue weighted by atomic mass is 10.2. The van der Waals surface area contributed by atoms with E-state index in [0.717, 1.165) is 0 Å². The second-order valence-corrected chi connectivity index (χ2v) is 3.85. The van der Waals surface area contributed by atoms with Gasteiger partial charge in [-0.15, -0.1) is 12.4 Å². The van der Waals surface area contributed by atoms with Crippen molar-refractivity contribution in [3.63, 3.8) is 0 Å². The van der Waals surface area contributed by atoms with Crippen LogP contribution >= 0.6 is 12.4 Å². The van der Waals surface area contributed by atoms with Crippen molar-refractivity contribution in [3.05, 3.63) is 59.7 Å². The topological polar surface area (TPSA) is 127 Å². The third-order valence-electron chi connectivity index (χ3n) is 2.32. The molecule has 6 N–H and O–H groups in total. The van der Waals surface area contributed by atoms with Gasteiger partial charge < -0.3 is 21.7 Å². The zero-order valence-corrected chi connectivity index (χ0v) is 11.7. The van der Waals surface area contributed by atoms with Gasteiger partial charge >= 0.3 is 11.9 Å². The van der Waals surface area contributed by atoms with Gasteiger partial charge in [-0.2, -0.15) is 0 Å². The normalized spacial score (nSPS) is 8.76. The summed E-state index contributed by atoms with van der Waals surface area (Å²) in [5.74, 6) is -1.86. The summed E-state index contributed by atoms with van der Waals surface area (Å²) in [6, 6.07) is 12.1. The van der Waals surface area contributed by atoms with E-state index in [-0.39, 0.29) is 23.5 Å². The van der Waals surface area contributed by atoms with E-state index in [4.69, 9.17) is 21.7 Å². The van der Waals surface area contributed by atoms with E-state index in [9.17, 15) is 9.59 Å². The molecular formula is C14H15ClN2O4. The highest BCUT2D eigenvalue weighted by atomic mass is 35.5. The van der Waals surface area contributed by atoms with Crippen molar-refractivity contribution in [3.8, 4) is 0 Å². The molecule has 0 aromatic heterocycles. The van der Waals surface area contributed by atoms with Crippen LogP contribution < -0.4 is 11.5 Å². The van der Waals surface area contributed by atoms with E-state index in [2.05, 4.69) is 0 Å². The van der Waals surface area contributed by atoms with Crippen LogP contribution in [0.3, 0.4) is 0 Å². The molecular weight excluding hydrogens is 296 g/mol. The Hall–Kier alpha value is -2.73. The number of hydrogen-bond donors (Lipinski definition) is 4. The Labute approximate surface area is 127 Å². The van der Waals surface area contributed by atoms with Crippen LogP contribution in [0.2, 0.25) is 0 Å². The van der Waals surface area contributed by atoms with Gasteiger partial charge in [0, 0.05) is 11.4 Å². The Bertz CT molecular complexity index is 542. The van der Waals surface area contributed by atoms with Gasteiger partial charge in [-0.05, 0) is 48.5 Å². The number of nitrogen functional groups attached to an aromatic ring is 2. The van der Waals surface area contributed by atoms with E-state index < -0.39 is 11.9 Å². The molecule has 6 nitrogen and oxygen atoms in total. The van der Waals surface area contributed by atoms with Gasteiger partial charge in [-0.25, -0.2) is 9.59 Å². The summed E-state index contributed by atoms with van der Waals surface area (Å²) >= 11 is 0. The maximum absolute atomic E-state index is 10.3. The largest absolute Gasteiger partial charge is 0.478 e. The average Bonchev–Trinajstić information content (AvgIpc) is 2.40. The van der Waals surface area contributed by atoms with Crippen molar-refractivity contribution >= 4 is 35.7 Å². The maximum Gasteiger partial charge on any atom is 0.335 e. The number of halogens is 1. The summed E-state index contributed by atoms with van der Waals surface area (Å²) in [6.07, 6.45) is 0. The second-order valence-electron chi connectivity index (χ2n) is 3.85. The average molecular weight is 311 g/mol. The Morgan fingerprint density at radius 3 is 1.10 bits per heavy atom. The Kier molecular flexibility index (Phi) is 7.35. The number of rotatable bonds is 2. The van der Waals surface area contributed by atoms with Gasteiger partial charge in [0.1, 0.15) is 0 Å². The van der Waals surface area contributed by atoms with Gasteiger partial charge in [0.2, 0.25) is 0 Å². The second kappa shape index (κ2) is 8.44. The number of benzene rings is 2. The minimum absolute atomic E-state index is 0. The molecule has 0 saturated carbocycles. The fourth-order valence-electron chi connectivity index (χ4n) is 1.25. The lowest BCUT2D eigenvalue weighted by Crippen LogP contribution is -1.95. The molecule has 0 amide bonds. The summed E-state index contributed by atoms with van der Waals surface area (Å²) in [5, 5.41) is 16.9. The number of carboxylic acids is 2. The standard InChI is InChI=1S/2C7H7NO2.ClH/c2*8-6-3-1-5(2-4-6)7(9)10;/h2*1-4H,8H2,(H,9,10);1H. The number of hydrogen-bond acceptors (Lipinski definition) is 4. The molecule has 2 rings (SSSR count). The first-order valence-corrected chi connectivity index (χ1v) is 5.58. The van der Waals surface area contributed by atoms with Crippen molar-refractivity contribution in [2.75, 3.05) is 11.5 Å².